The highest BCUT2D eigenvalue weighted by Gasteiger charge is 2.39. The summed E-state index contributed by atoms with van der Waals surface area (Å²) in [6.45, 7) is 0.244. The molecule has 0 aliphatic carbocycles. The molecule has 4 aromatic carbocycles. The summed E-state index contributed by atoms with van der Waals surface area (Å²) in [7, 11) is 0. The van der Waals surface area contributed by atoms with Gasteiger partial charge in [-0.05, 0) is 72.8 Å². The Hall–Kier alpha value is -2.68. The van der Waals surface area contributed by atoms with Gasteiger partial charge < -0.3 is 9.84 Å². The number of carbonyl (C=O) groups is 1. The van der Waals surface area contributed by atoms with Crippen molar-refractivity contribution in [1.82, 2.24) is 5.43 Å². The van der Waals surface area contributed by atoms with Gasteiger partial charge in [-0.3, -0.25) is 4.79 Å². The Kier molecular flexibility index (Phi) is 9.05. The van der Waals surface area contributed by atoms with Crippen molar-refractivity contribution in [2.45, 2.75) is 12.2 Å². The smallest absolute Gasteiger partial charge is 0.281 e. The zero-order valence-corrected chi connectivity index (χ0v) is 23.9. The van der Waals surface area contributed by atoms with Crippen LogP contribution >= 0.6 is 55.1 Å². The van der Waals surface area contributed by atoms with Gasteiger partial charge in [0.2, 0.25) is 0 Å². The van der Waals surface area contributed by atoms with Crippen molar-refractivity contribution in [2.75, 3.05) is 0 Å². The molecule has 0 heterocycles. The summed E-state index contributed by atoms with van der Waals surface area (Å²) in [5, 5.41) is 16.7. The van der Waals surface area contributed by atoms with E-state index < -0.39 is 11.5 Å². The summed E-state index contributed by atoms with van der Waals surface area (Å²) in [5.74, 6) is -0.103. The minimum Gasteiger partial charge on any atom is -0.486 e. The highest BCUT2D eigenvalue weighted by Crippen LogP contribution is 2.36. The molecule has 188 valence electrons. The number of hydrogen-bond donors (Lipinski definition) is 2. The van der Waals surface area contributed by atoms with Gasteiger partial charge in [0.1, 0.15) is 12.4 Å². The maximum Gasteiger partial charge on any atom is 0.281 e. The fourth-order valence-corrected chi connectivity index (χ4v) is 5.53. The lowest BCUT2D eigenvalue weighted by Crippen LogP contribution is -2.43. The Morgan fingerprint density at radius 1 is 0.919 bits per heavy atom. The van der Waals surface area contributed by atoms with E-state index in [9.17, 15) is 9.90 Å². The molecule has 5 nitrogen and oxygen atoms in total. The monoisotopic (exact) mass is 660 g/mol. The molecule has 0 radical (unpaired) electrons. The Labute approximate surface area is 241 Å². The van der Waals surface area contributed by atoms with Gasteiger partial charge in [-0.2, -0.15) is 5.10 Å². The fourth-order valence-electron chi connectivity index (χ4n) is 3.61. The van der Waals surface area contributed by atoms with E-state index in [1.807, 2.05) is 18.2 Å². The molecule has 0 atom stereocenters. The Bertz CT molecular complexity index is 1370. The molecule has 4 rings (SSSR count). The second-order valence-electron chi connectivity index (χ2n) is 7.98. The predicted molar refractivity (Wildman–Crippen MR) is 154 cm³/mol. The van der Waals surface area contributed by atoms with Gasteiger partial charge in [0.05, 0.1) is 15.2 Å². The first-order valence-electron chi connectivity index (χ1n) is 11.0. The number of ether oxygens (including phenoxy) is 1. The highest BCUT2D eigenvalue weighted by atomic mass is 79.9. The Balaban J connectivity index is 1.49. The van der Waals surface area contributed by atoms with Crippen molar-refractivity contribution in [2.24, 2.45) is 5.10 Å². The molecule has 0 saturated heterocycles. The van der Waals surface area contributed by atoms with Gasteiger partial charge in [0.25, 0.3) is 5.91 Å². The number of nitrogens with one attached hydrogen (secondary N) is 1. The molecule has 0 aliphatic rings. The third-order valence-corrected chi connectivity index (χ3v) is 7.26. The molecule has 9 heteroatoms. The number of hydrazone groups is 1. The molecular weight excluding hydrogens is 643 g/mol. The van der Waals surface area contributed by atoms with E-state index in [1.54, 1.807) is 72.8 Å². The summed E-state index contributed by atoms with van der Waals surface area (Å²) >= 11 is 19.2. The Morgan fingerprint density at radius 2 is 1.49 bits per heavy atom. The lowest BCUT2D eigenvalue weighted by molar-refractivity contribution is -0.136. The van der Waals surface area contributed by atoms with E-state index in [2.05, 4.69) is 42.4 Å². The summed E-state index contributed by atoms with van der Waals surface area (Å²) in [4.78, 5) is 13.2. The van der Waals surface area contributed by atoms with Crippen LogP contribution in [0.5, 0.6) is 5.75 Å². The second-order valence-corrected chi connectivity index (χ2v) is 10.5. The first kappa shape index (κ1) is 27.4. The molecule has 1 amide bonds. The number of carbonyl (C=O) groups excluding carboxylic acids is 1. The van der Waals surface area contributed by atoms with E-state index in [-0.39, 0.29) is 6.61 Å². The minimum absolute atomic E-state index is 0.244. The lowest BCUT2D eigenvalue weighted by Gasteiger charge is -2.27. The fraction of sp³-hybridized carbons (Fsp3) is 0.0714. The zero-order valence-electron chi connectivity index (χ0n) is 19.2. The van der Waals surface area contributed by atoms with Gasteiger partial charge in [-0.15, -0.1) is 0 Å². The lowest BCUT2D eigenvalue weighted by atomic mass is 9.85. The van der Waals surface area contributed by atoms with Crippen LogP contribution in [0.4, 0.5) is 0 Å². The van der Waals surface area contributed by atoms with E-state index in [4.69, 9.17) is 27.9 Å². The number of benzene rings is 4. The normalized spacial score (nSPS) is 11.5. The van der Waals surface area contributed by atoms with Gasteiger partial charge in [-0.25, -0.2) is 5.43 Å². The van der Waals surface area contributed by atoms with E-state index in [1.165, 1.54) is 6.21 Å². The van der Waals surface area contributed by atoms with Gasteiger partial charge >= 0.3 is 0 Å². The summed E-state index contributed by atoms with van der Waals surface area (Å²) in [5.41, 5.74) is 2.90. The first-order valence-corrected chi connectivity index (χ1v) is 13.4. The summed E-state index contributed by atoms with van der Waals surface area (Å²) in [6, 6.07) is 26.3. The van der Waals surface area contributed by atoms with Gasteiger partial charge in [0, 0.05) is 15.6 Å². The van der Waals surface area contributed by atoms with Crippen molar-refractivity contribution in [3.05, 3.63) is 132 Å². The topological polar surface area (TPSA) is 70.9 Å². The summed E-state index contributed by atoms with van der Waals surface area (Å²) < 4.78 is 7.29. The third kappa shape index (κ3) is 6.43. The highest BCUT2D eigenvalue weighted by molar-refractivity contribution is 9.11. The third-order valence-electron chi connectivity index (χ3n) is 5.50. The van der Waals surface area contributed by atoms with Gasteiger partial charge in [-0.1, -0.05) is 89.9 Å². The molecule has 0 unspecified atom stereocenters. The van der Waals surface area contributed by atoms with Crippen LogP contribution in [-0.4, -0.2) is 17.2 Å². The van der Waals surface area contributed by atoms with Crippen LogP contribution in [0.2, 0.25) is 10.0 Å². The molecule has 4 aromatic rings. The molecule has 0 saturated carbocycles. The SMILES string of the molecule is O=C(N/N=C/c1cc(Br)c(OCc2ccc(Cl)cc2Cl)c(Br)c1)C(O)(c1ccccc1)c1ccccc1. The van der Waals surface area contributed by atoms with E-state index in [0.29, 0.717) is 41.4 Å². The Morgan fingerprint density at radius 3 is 2.03 bits per heavy atom. The van der Waals surface area contributed by atoms with Crippen LogP contribution in [0.25, 0.3) is 0 Å². The molecule has 2 N–H and O–H groups in total. The number of amides is 1. The van der Waals surface area contributed by atoms with Crippen molar-refractivity contribution in [3.63, 3.8) is 0 Å². The minimum atomic E-state index is -1.92. The number of rotatable bonds is 8. The predicted octanol–water partition coefficient (Wildman–Crippen LogP) is 7.48. The molecule has 0 aromatic heterocycles. The number of nitrogens with zero attached hydrogens (tertiary/aromatic N) is 1. The number of hydrogen-bond acceptors (Lipinski definition) is 4. The van der Waals surface area contributed by atoms with Crippen LogP contribution in [0.1, 0.15) is 22.3 Å². The molecule has 0 bridgehead atoms. The van der Waals surface area contributed by atoms with E-state index in [0.717, 1.165) is 5.56 Å². The maximum absolute atomic E-state index is 13.2. The number of aliphatic hydroxyl groups is 1. The molecular formula is C28H20Br2Cl2N2O3. The van der Waals surface area contributed by atoms with Crippen molar-refractivity contribution in [3.8, 4) is 5.75 Å². The average Bonchev–Trinajstić information content (AvgIpc) is 2.89. The van der Waals surface area contributed by atoms with Crippen molar-refractivity contribution in [1.29, 1.82) is 0 Å². The molecule has 0 spiro atoms. The standard InChI is InChI=1S/C28H20Br2Cl2N2O3/c29-23-13-18(14-24(30)26(23)37-17-19-11-12-22(31)15-25(19)32)16-33-34-27(35)28(36,20-7-3-1-4-8-20)21-9-5-2-6-10-21/h1-16,36H,17H2,(H,34,35)/b33-16+. The van der Waals surface area contributed by atoms with Crippen LogP contribution in [0.3, 0.4) is 0 Å². The average molecular weight is 663 g/mol. The molecule has 37 heavy (non-hydrogen) atoms. The van der Waals surface area contributed by atoms with Gasteiger partial charge in [0.15, 0.2) is 5.60 Å². The first-order chi connectivity index (χ1) is 17.8. The maximum atomic E-state index is 13.2. The molecule has 0 aliphatic heterocycles. The van der Waals surface area contributed by atoms with Crippen LogP contribution in [0.15, 0.2) is 105 Å². The van der Waals surface area contributed by atoms with Crippen LogP contribution in [0, 0.1) is 0 Å². The summed E-state index contributed by atoms with van der Waals surface area (Å²) in [6.07, 6.45) is 1.48. The van der Waals surface area contributed by atoms with Crippen LogP contribution < -0.4 is 10.2 Å². The van der Waals surface area contributed by atoms with Crippen molar-refractivity contribution >= 4 is 67.2 Å². The zero-order chi connectivity index (χ0) is 26.4. The quantitative estimate of drug-likeness (QED) is 0.152. The molecule has 0 fully saturated rings. The van der Waals surface area contributed by atoms with E-state index >= 15 is 0 Å². The largest absolute Gasteiger partial charge is 0.486 e. The van der Waals surface area contributed by atoms with Crippen molar-refractivity contribution < 1.29 is 14.6 Å². The second kappa shape index (κ2) is 12.2. The number of halogens is 4. The van der Waals surface area contributed by atoms with Crippen LogP contribution in [-0.2, 0) is 17.0 Å².